The quantitative estimate of drug-likeness (QED) is 0.559. The highest BCUT2D eigenvalue weighted by atomic mass is 16.6. The van der Waals surface area contributed by atoms with Gasteiger partial charge in [-0.1, -0.05) is 12.2 Å². The average molecular weight is 217 g/mol. The van der Waals surface area contributed by atoms with Crippen molar-refractivity contribution < 1.29 is 4.92 Å². The van der Waals surface area contributed by atoms with Gasteiger partial charge in [0.1, 0.15) is 0 Å². The Morgan fingerprint density at radius 1 is 1.44 bits per heavy atom. The lowest BCUT2D eigenvalue weighted by atomic mass is 9.98. The summed E-state index contributed by atoms with van der Waals surface area (Å²) >= 11 is 0. The number of allylic oxidation sites excluding steroid dienone is 2. The zero-order valence-electron chi connectivity index (χ0n) is 8.83. The highest BCUT2D eigenvalue weighted by Gasteiger charge is 2.22. The van der Waals surface area contributed by atoms with Crippen LogP contribution in [0.25, 0.3) is 5.57 Å². The van der Waals surface area contributed by atoms with Crippen LogP contribution in [0.2, 0.25) is 0 Å². The molecule has 0 saturated carbocycles. The minimum atomic E-state index is -0.650. The molecule has 1 unspecified atom stereocenters. The molecular formula is C11H11N3O2. The highest BCUT2D eigenvalue weighted by molar-refractivity contribution is 5.65. The minimum absolute atomic E-state index is 0.287. The van der Waals surface area contributed by atoms with E-state index in [2.05, 4.69) is 10.2 Å². The van der Waals surface area contributed by atoms with Gasteiger partial charge in [-0.25, -0.2) is 0 Å². The maximum atomic E-state index is 10.7. The lowest BCUT2D eigenvalue weighted by Crippen LogP contribution is -2.18. The first-order chi connectivity index (χ1) is 7.66. The van der Waals surface area contributed by atoms with Gasteiger partial charge in [0, 0.05) is 11.3 Å². The van der Waals surface area contributed by atoms with Crippen LogP contribution in [0.4, 0.5) is 0 Å². The molecule has 1 atom stereocenters. The molecule has 1 aliphatic carbocycles. The molecule has 0 amide bonds. The van der Waals surface area contributed by atoms with Gasteiger partial charge < -0.3 is 0 Å². The van der Waals surface area contributed by atoms with E-state index in [1.54, 1.807) is 12.2 Å². The Kier molecular flexibility index (Phi) is 2.76. The first-order valence-electron chi connectivity index (χ1n) is 4.98. The van der Waals surface area contributed by atoms with Gasteiger partial charge in [-0.05, 0) is 30.7 Å². The Morgan fingerprint density at radius 3 is 2.88 bits per heavy atom. The van der Waals surface area contributed by atoms with Gasteiger partial charge in [0.2, 0.25) is 6.04 Å². The summed E-state index contributed by atoms with van der Waals surface area (Å²) in [6, 6.07) is 3.04. The van der Waals surface area contributed by atoms with Crippen molar-refractivity contribution in [2.75, 3.05) is 0 Å². The van der Waals surface area contributed by atoms with E-state index in [0.717, 1.165) is 11.3 Å². The summed E-state index contributed by atoms with van der Waals surface area (Å²) in [5, 5.41) is 18.6. The third kappa shape index (κ3) is 2.13. The van der Waals surface area contributed by atoms with Crippen molar-refractivity contribution in [3.8, 4) is 0 Å². The molecule has 0 aliphatic heterocycles. The molecule has 0 spiro atoms. The predicted octanol–water partition coefficient (Wildman–Crippen LogP) is 1.77. The van der Waals surface area contributed by atoms with Crippen LogP contribution in [0.15, 0.2) is 30.4 Å². The fourth-order valence-electron chi connectivity index (χ4n) is 1.57. The molecule has 0 saturated heterocycles. The van der Waals surface area contributed by atoms with Crippen molar-refractivity contribution in [1.82, 2.24) is 10.2 Å². The van der Waals surface area contributed by atoms with Gasteiger partial charge in [0.15, 0.2) is 0 Å². The number of hydrogen-bond donors (Lipinski definition) is 0. The number of rotatable bonds is 2. The number of nitro groups is 1. The molecule has 0 aromatic carbocycles. The van der Waals surface area contributed by atoms with Crippen molar-refractivity contribution in [2.45, 2.75) is 19.4 Å². The average Bonchev–Trinajstić information content (AvgIpc) is 2.30. The summed E-state index contributed by atoms with van der Waals surface area (Å²) in [6.45, 7) is 1.85. The topological polar surface area (TPSA) is 68.9 Å². The van der Waals surface area contributed by atoms with Crippen LogP contribution in [0.3, 0.4) is 0 Å². The van der Waals surface area contributed by atoms with Crippen LogP contribution in [0.5, 0.6) is 0 Å². The van der Waals surface area contributed by atoms with Crippen LogP contribution in [0, 0.1) is 17.0 Å². The van der Waals surface area contributed by atoms with E-state index >= 15 is 0 Å². The molecule has 0 N–H and O–H groups in total. The zero-order valence-corrected chi connectivity index (χ0v) is 8.83. The zero-order chi connectivity index (χ0) is 11.5. The first-order valence-corrected chi connectivity index (χ1v) is 4.98. The molecule has 2 rings (SSSR count). The van der Waals surface area contributed by atoms with Crippen LogP contribution < -0.4 is 0 Å². The number of nitrogens with zero attached hydrogens (tertiary/aromatic N) is 3. The third-order valence-corrected chi connectivity index (χ3v) is 2.46. The van der Waals surface area contributed by atoms with Crippen LogP contribution in [-0.4, -0.2) is 21.2 Å². The molecule has 5 heteroatoms. The maximum absolute atomic E-state index is 10.7. The molecular weight excluding hydrogens is 206 g/mol. The smallest absolute Gasteiger partial charge is 0.235 e. The fraction of sp³-hybridized carbons (Fsp3) is 0.273. The first kappa shape index (κ1) is 10.5. The van der Waals surface area contributed by atoms with E-state index < -0.39 is 6.04 Å². The van der Waals surface area contributed by atoms with Crippen molar-refractivity contribution in [3.05, 3.63) is 51.9 Å². The van der Waals surface area contributed by atoms with Gasteiger partial charge in [0.25, 0.3) is 0 Å². The van der Waals surface area contributed by atoms with Gasteiger partial charge in [-0.15, -0.1) is 0 Å². The maximum Gasteiger partial charge on any atom is 0.235 e. The van der Waals surface area contributed by atoms with E-state index in [9.17, 15) is 10.1 Å². The van der Waals surface area contributed by atoms with Gasteiger partial charge >= 0.3 is 0 Å². The lowest BCUT2D eigenvalue weighted by Gasteiger charge is -2.11. The van der Waals surface area contributed by atoms with E-state index in [1.165, 1.54) is 0 Å². The summed E-state index contributed by atoms with van der Waals surface area (Å²) < 4.78 is 0. The Labute approximate surface area is 92.7 Å². The molecule has 0 radical (unpaired) electrons. The van der Waals surface area contributed by atoms with Crippen molar-refractivity contribution >= 4 is 5.57 Å². The number of aryl methyl sites for hydroxylation is 1. The van der Waals surface area contributed by atoms with Crippen LogP contribution in [0.1, 0.15) is 17.8 Å². The second kappa shape index (κ2) is 4.22. The van der Waals surface area contributed by atoms with E-state index in [-0.39, 0.29) is 4.92 Å². The number of hydrogen-bond acceptors (Lipinski definition) is 4. The van der Waals surface area contributed by atoms with E-state index in [4.69, 9.17) is 0 Å². The second-order valence-corrected chi connectivity index (χ2v) is 3.69. The molecule has 0 bridgehead atoms. The SMILES string of the molecule is Cc1ccc(C2=CC=CC([N+](=O)[O-])C2)nn1. The molecule has 1 aliphatic rings. The fourth-order valence-corrected chi connectivity index (χ4v) is 1.57. The van der Waals surface area contributed by atoms with Crippen molar-refractivity contribution in [3.63, 3.8) is 0 Å². The molecule has 0 fully saturated rings. The largest absolute Gasteiger partial charge is 0.264 e. The van der Waals surface area contributed by atoms with Crippen LogP contribution >= 0.6 is 0 Å². The molecule has 1 aromatic rings. The van der Waals surface area contributed by atoms with E-state index in [0.29, 0.717) is 12.1 Å². The lowest BCUT2D eigenvalue weighted by molar-refractivity contribution is -0.508. The van der Waals surface area contributed by atoms with Gasteiger partial charge in [-0.3, -0.25) is 10.1 Å². The van der Waals surface area contributed by atoms with Gasteiger partial charge in [0.05, 0.1) is 11.4 Å². The Balaban J connectivity index is 2.23. The summed E-state index contributed by atoms with van der Waals surface area (Å²) in [7, 11) is 0. The summed E-state index contributed by atoms with van der Waals surface area (Å²) in [6.07, 6.45) is 5.51. The number of aromatic nitrogens is 2. The van der Waals surface area contributed by atoms with Crippen molar-refractivity contribution in [1.29, 1.82) is 0 Å². The summed E-state index contributed by atoms with van der Waals surface area (Å²) in [5.74, 6) is 0. The van der Waals surface area contributed by atoms with Crippen LogP contribution in [-0.2, 0) is 0 Å². The molecule has 16 heavy (non-hydrogen) atoms. The third-order valence-electron chi connectivity index (χ3n) is 2.46. The highest BCUT2D eigenvalue weighted by Crippen LogP contribution is 2.22. The summed E-state index contributed by atoms with van der Waals surface area (Å²) in [5.41, 5.74) is 2.40. The van der Waals surface area contributed by atoms with E-state index in [1.807, 2.05) is 25.1 Å². The molecule has 1 heterocycles. The Hall–Kier alpha value is -2.04. The monoisotopic (exact) mass is 217 g/mol. The Bertz CT molecular complexity index is 463. The van der Waals surface area contributed by atoms with Gasteiger partial charge in [-0.2, -0.15) is 10.2 Å². The van der Waals surface area contributed by atoms with Crippen molar-refractivity contribution in [2.24, 2.45) is 0 Å². The molecule has 82 valence electrons. The summed E-state index contributed by atoms with van der Waals surface area (Å²) in [4.78, 5) is 10.4. The standard InChI is InChI=1S/C11H11N3O2/c1-8-5-6-11(13-12-8)9-3-2-4-10(7-9)14(15)16/h2-6,10H,7H2,1H3. The normalized spacial score (nSPS) is 19.3. The molecule has 1 aromatic heterocycles. The Morgan fingerprint density at radius 2 is 2.25 bits per heavy atom. The predicted molar refractivity (Wildman–Crippen MR) is 59.3 cm³/mol. The molecule has 5 nitrogen and oxygen atoms in total. The second-order valence-electron chi connectivity index (χ2n) is 3.69. The minimum Gasteiger partial charge on any atom is -0.264 e.